The standard InChI is InChI=1S/C21H17ClN2O/c1-14-13-15(25-2)11-12-16(14)21-23-18-8-4-6-10-20(18)24(21)19-9-5-3-7-17(19)22/h3-13H,1-2H3. The van der Waals surface area contributed by atoms with Gasteiger partial charge in [-0.25, -0.2) is 4.98 Å². The van der Waals surface area contributed by atoms with E-state index < -0.39 is 0 Å². The first-order valence-electron chi connectivity index (χ1n) is 8.06. The average molecular weight is 349 g/mol. The van der Waals surface area contributed by atoms with Crippen LogP contribution in [0.3, 0.4) is 0 Å². The van der Waals surface area contributed by atoms with Crippen molar-refractivity contribution in [2.45, 2.75) is 6.92 Å². The van der Waals surface area contributed by atoms with Crippen LogP contribution in [-0.4, -0.2) is 16.7 Å². The van der Waals surface area contributed by atoms with E-state index in [-0.39, 0.29) is 0 Å². The van der Waals surface area contributed by atoms with Crippen molar-refractivity contribution in [3.63, 3.8) is 0 Å². The Kier molecular flexibility index (Phi) is 3.94. The summed E-state index contributed by atoms with van der Waals surface area (Å²) in [7, 11) is 1.67. The highest BCUT2D eigenvalue weighted by atomic mass is 35.5. The number of methoxy groups -OCH3 is 1. The van der Waals surface area contributed by atoms with E-state index in [4.69, 9.17) is 21.3 Å². The summed E-state index contributed by atoms with van der Waals surface area (Å²) in [4.78, 5) is 4.88. The lowest BCUT2D eigenvalue weighted by atomic mass is 10.1. The molecule has 4 heteroatoms. The molecule has 0 saturated carbocycles. The molecule has 0 aliphatic rings. The Morgan fingerprint density at radius 2 is 1.72 bits per heavy atom. The molecule has 0 unspecified atom stereocenters. The molecule has 1 aromatic heterocycles. The van der Waals surface area contributed by atoms with Gasteiger partial charge < -0.3 is 4.74 Å². The quantitative estimate of drug-likeness (QED) is 0.477. The number of benzene rings is 3. The molecule has 0 atom stereocenters. The molecule has 3 nitrogen and oxygen atoms in total. The second-order valence-electron chi connectivity index (χ2n) is 5.89. The number of hydrogen-bond donors (Lipinski definition) is 0. The molecule has 0 bridgehead atoms. The van der Waals surface area contributed by atoms with Gasteiger partial charge in [0, 0.05) is 5.56 Å². The number of rotatable bonds is 3. The van der Waals surface area contributed by atoms with Crippen molar-refractivity contribution in [1.29, 1.82) is 0 Å². The molecule has 1 heterocycles. The summed E-state index contributed by atoms with van der Waals surface area (Å²) < 4.78 is 7.45. The third-order valence-corrected chi connectivity index (χ3v) is 4.65. The van der Waals surface area contributed by atoms with Crippen LogP contribution in [0.5, 0.6) is 5.75 Å². The largest absolute Gasteiger partial charge is 0.497 e. The number of hydrogen-bond acceptors (Lipinski definition) is 2. The molecule has 4 rings (SSSR count). The number of aryl methyl sites for hydroxylation is 1. The van der Waals surface area contributed by atoms with Crippen LogP contribution in [0.25, 0.3) is 28.1 Å². The minimum Gasteiger partial charge on any atom is -0.497 e. The van der Waals surface area contributed by atoms with Crippen molar-refractivity contribution in [3.05, 3.63) is 77.3 Å². The molecule has 0 fully saturated rings. The highest BCUT2D eigenvalue weighted by Crippen LogP contribution is 2.34. The lowest BCUT2D eigenvalue weighted by Gasteiger charge is -2.13. The number of nitrogens with zero attached hydrogens (tertiary/aromatic N) is 2. The first kappa shape index (κ1) is 15.7. The van der Waals surface area contributed by atoms with Crippen LogP contribution in [0.4, 0.5) is 0 Å². The zero-order chi connectivity index (χ0) is 17.4. The average Bonchev–Trinajstić information content (AvgIpc) is 3.01. The Morgan fingerprint density at radius 1 is 0.960 bits per heavy atom. The van der Waals surface area contributed by atoms with Crippen LogP contribution in [0.2, 0.25) is 5.02 Å². The first-order valence-corrected chi connectivity index (χ1v) is 8.44. The fourth-order valence-electron chi connectivity index (χ4n) is 3.10. The van der Waals surface area contributed by atoms with E-state index in [1.165, 1.54) is 0 Å². The maximum atomic E-state index is 6.49. The van der Waals surface area contributed by atoms with Crippen LogP contribution >= 0.6 is 11.6 Å². The third kappa shape index (κ3) is 2.67. The Hall–Kier alpha value is -2.78. The van der Waals surface area contributed by atoms with E-state index in [2.05, 4.69) is 17.6 Å². The van der Waals surface area contributed by atoms with Gasteiger partial charge in [-0.2, -0.15) is 0 Å². The Morgan fingerprint density at radius 3 is 2.48 bits per heavy atom. The monoisotopic (exact) mass is 348 g/mol. The second-order valence-corrected chi connectivity index (χ2v) is 6.30. The van der Waals surface area contributed by atoms with Gasteiger partial charge in [-0.1, -0.05) is 35.9 Å². The lowest BCUT2D eigenvalue weighted by Crippen LogP contribution is -1.99. The maximum Gasteiger partial charge on any atom is 0.146 e. The van der Waals surface area contributed by atoms with Crippen LogP contribution < -0.4 is 4.74 Å². The van der Waals surface area contributed by atoms with Crippen molar-refractivity contribution in [2.75, 3.05) is 7.11 Å². The van der Waals surface area contributed by atoms with E-state index in [9.17, 15) is 0 Å². The zero-order valence-corrected chi connectivity index (χ0v) is 14.8. The summed E-state index contributed by atoms with van der Waals surface area (Å²) in [6.45, 7) is 2.06. The molecule has 0 aliphatic carbocycles. The lowest BCUT2D eigenvalue weighted by molar-refractivity contribution is 0.414. The normalized spacial score (nSPS) is 11.0. The summed E-state index contributed by atoms with van der Waals surface area (Å²) in [6, 6.07) is 21.9. The van der Waals surface area contributed by atoms with Gasteiger partial charge in [-0.05, 0) is 55.0 Å². The SMILES string of the molecule is COc1ccc(-c2nc3ccccc3n2-c2ccccc2Cl)c(C)c1. The van der Waals surface area contributed by atoms with E-state index in [0.29, 0.717) is 5.02 Å². The van der Waals surface area contributed by atoms with Crippen LogP contribution in [0.15, 0.2) is 66.7 Å². The molecular formula is C21H17ClN2O. The fraction of sp³-hybridized carbons (Fsp3) is 0.0952. The third-order valence-electron chi connectivity index (χ3n) is 4.33. The zero-order valence-electron chi connectivity index (χ0n) is 14.0. The summed E-state index contributed by atoms with van der Waals surface area (Å²) in [5.41, 5.74) is 5.04. The topological polar surface area (TPSA) is 27.1 Å². The highest BCUT2D eigenvalue weighted by Gasteiger charge is 2.17. The van der Waals surface area contributed by atoms with Gasteiger partial charge in [0.05, 0.1) is 28.9 Å². The molecule has 0 radical (unpaired) electrons. The molecule has 0 N–H and O–H groups in total. The molecular weight excluding hydrogens is 332 g/mol. The smallest absolute Gasteiger partial charge is 0.146 e. The number of para-hydroxylation sites is 3. The summed E-state index contributed by atoms with van der Waals surface area (Å²) in [6.07, 6.45) is 0. The molecule has 25 heavy (non-hydrogen) atoms. The van der Waals surface area contributed by atoms with Gasteiger partial charge in [-0.15, -0.1) is 0 Å². The number of imidazole rings is 1. The van der Waals surface area contributed by atoms with E-state index >= 15 is 0 Å². The number of aromatic nitrogens is 2. The summed E-state index contributed by atoms with van der Waals surface area (Å²) in [5.74, 6) is 1.70. The summed E-state index contributed by atoms with van der Waals surface area (Å²) in [5, 5.41) is 0.693. The van der Waals surface area contributed by atoms with Crippen LogP contribution in [0, 0.1) is 6.92 Å². The van der Waals surface area contributed by atoms with Crippen LogP contribution in [0.1, 0.15) is 5.56 Å². The predicted octanol–water partition coefficient (Wildman–Crippen LogP) is 5.66. The Balaban J connectivity index is 2.05. The van der Waals surface area contributed by atoms with E-state index in [0.717, 1.165) is 39.4 Å². The first-order chi connectivity index (χ1) is 12.2. The van der Waals surface area contributed by atoms with Gasteiger partial charge >= 0.3 is 0 Å². The Labute approximate surface area is 151 Å². The van der Waals surface area contributed by atoms with Crippen molar-refractivity contribution in [2.24, 2.45) is 0 Å². The number of fused-ring (bicyclic) bond motifs is 1. The maximum absolute atomic E-state index is 6.49. The number of halogens is 1. The molecule has 124 valence electrons. The van der Waals surface area contributed by atoms with Gasteiger partial charge in [-0.3, -0.25) is 4.57 Å². The number of ether oxygens (including phenoxy) is 1. The van der Waals surface area contributed by atoms with Gasteiger partial charge in [0.15, 0.2) is 0 Å². The van der Waals surface area contributed by atoms with E-state index in [1.54, 1.807) is 7.11 Å². The molecule has 3 aromatic carbocycles. The molecule has 0 saturated heterocycles. The molecule has 0 spiro atoms. The molecule has 0 amide bonds. The molecule has 4 aromatic rings. The van der Waals surface area contributed by atoms with Crippen molar-refractivity contribution >= 4 is 22.6 Å². The van der Waals surface area contributed by atoms with Gasteiger partial charge in [0.25, 0.3) is 0 Å². The predicted molar refractivity (Wildman–Crippen MR) is 103 cm³/mol. The van der Waals surface area contributed by atoms with Crippen molar-refractivity contribution in [1.82, 2.24) is 9.55 Å². The fourth-order valence-corrected chi connectivity index (χ4v) is 3.32. The van der Waals surface area contributed by atoms with Gasteiger partial charge in [0.2, 0.25) is 0 Å². The van der Waals surface area contributed by atoms with Crippen molar-refractivity contribution < 1.29 is 4.74 Å². The van der Waals surface area contributed by atoms with E-state index in [1.807, 2.05) is 60.7 Å². The van der Waals surface area contributed by atoms with Crippen molar-refractivity contribution in [3.8, 4) is 22.8 Å². The minimum atomic E-state index is 0.693. The Bertz CT molecular complexity index is 1070. The summed E-state index contributed by atoms with van der Waals surface area (Å²) >= 11 is 6.49. The highest BCUT2D eigenvalue weighted by molar-refractivity contribution is 6.32. The second kappa shape index (κ2) is 6.26. The molecule has 0 aliphatic heterocycles. The minimum absolute atomic E-state index is 0.693. The van der Waals surface area contributed by atoms with Gasteiger partial charge in [0.1, 0.15) is 11.6 Å². The van der Waals surface area contributed by atoms with Crippen LogP contribution in [-0.2, 0) is 0 Å².